The summed E-state index contributed by atoms with van der Waals surface area (Å²) in [6.07, 6.45) is 0. The maximum absolute atomic E-state index is 11.8. The fourth-order valence-electron chi connectivity index (χ4n) is 2.49. The molecule has 21 heavy (non-hydrogen) atoms. The Kier molecular flexibility index (Phi) is 3.73. The van der Waals surface area contributed by atoms with Crippen molar-refractivity contribution in [1.29, 1.82) is 0 Å². The number of nitrogens with zero attached hydrogens (tertiary/aromatic N) is 2. The van der Waals surface area contributed by atoms with Gasteiger partial charge in [0, 0.05) is 6.54 Å². The minimum Gasteiger partial charge on any atom is -0.370 e. The number of aromatic nitrogens is 1. The van der Waals surface area contributed by atoms with Gasteiger partial charge in [0.2, 0.25) is 5.91 Å². The maximum Gasteiger partial charge on any atom is 0.243 e. The number of benzene rings is 1. The van der Waals surface area contributed by atoms with Gasteiger partial charge in [-0.2, -0.15) is 0 Å². The Morgan fingerprint density at radius 2 is 2.10 bits per heavy atom. The number of anilines is 3. The Morgan fingerprint density at radius 3 is 2.95 bits per heavy atom. The molecule has 1 amide bonds. The van der Waals surface area contributed by atoms with Gasteiger partial charge in [0.1, 0.15) is 5.82 Å². The van der Waals surface area contributed by atoms with Crippen molar-refractivity contribution in [2.75, 3.05) is 28.6 Å². The third-order valence-electron chi connectivity index (χ3n) is 3.37. The molecule has 108 valence electrons. The molecule has 1 aliphatic heterocycles. The summed E-state index contributed by atoms with van der Waals surface area (Å²) in [6, 6.07) is 13.7. The first kappa shape index (κ1) is 13.4. The lowest BCUT2D eigenvalue weighted by atomic mass is 10.2. The second kappa shape index (κ2) is 5.83. The van der Waals surface area contributed by atoms with Crippen molar-refractivity contribution >= 4 is 23.1 Å². The number of hydrogen-bond donors (Lipinski definition) is 2. The van der Waals surface area contributed by atoms with Crippen LogP contribution in [0.5, 0.6) is 0 Å². The molecule has 0 atom stereocenters. The molecule has 5 nitrogen and oxygen atoms in total. The molecule has 0 aliphatic carbocycles. The topological polar surface area (TPSA) is 57.3 Å². The fourth-order valence-corrected chi connectivity index (χ4v) is 2.49. The molecule has 0 bridgehead atoms. The maximum atomic E-state index is 11.8. The van der Waals surface area contributed by atoms with Gasteiger partial charge in [-0.1, -0.05) is 18.2 Å². The highest BCUT2D eigenvalue weighted by Gasteiger charge is 2.21. The molecular formula is C16H18N4O. The summed E-state index contributed by atoms with van der Waals surface area (Å²) in [5, 5.41) is 6.10. The van der Waals surface area contributed by atoms with Crippen LogP contribution in [0.3, 0.4) is 0 Å². The van der Waals surface area contributed by atoms with E-state index in [9.17, 15) is 4.79 Å². The Balaban J connectivity index is 1.84. The van der Waals surface area contributed by atoms with Crippen LogP contribution in [0.2, 0.25) is 0 Å². The molecule has 0 spiro atoms. The zero-order valence-corrected chi connectivity index (χ0v) is 12.0. The molecule has 3 rings (SSSR count). The van der Waals surface area contributed by atoms with Crippen LogP contribution < -0.4 is 15.5 Å². The average molecular weight is 282 g/mol. The molecule has 0 fully saturated rings. The van der Waals surface area contributed by atoms with E-state index in [1.807, 2.05) is 54.3 Å². The molecule has 0 saturated heterocycles. The van der Waals surface area contributed by atoms with Gasteiger partial charge in [0.05, 0.1) is 30.2 Å². The molecule has 0 saturated carbocycles. The molecule has 2 N–H and O–H groups in total. The van der Waals surface area contributed by atoms with Crippen LogP contribution in [-0.2, 0) is 11.3 Å². The normalized spacial score (nSPS) is 13.6. The summed E-state index contributed by atoms with van der Waals surface area (Å²) in [5.74, 6) is 0.876. The second-order valence-electron chi connectivity index (χ2n) is 4.97. The zero-order valence-electron chi connectivity index (χ0n) is 12.0. The predicted molar refractivity (Wildman–Crippen MR) is 84.5 cm³/mol. The van der Waals surface area contributed by atoms with Crippen molar-refractivity contribution in [3.63, 3.8) is 0 Å². The number of carbonyl (C=O) groups excluding carboxylic acids is 1. The second-order valence-corrected chi connectivity index (χ2v) is 4.97. The van der Waals surface area contributed by atoms with Crippen molar-refractivity contribution in [1.82, 2.24) is 4.98 Å². The van der Waals surface area contributed by atoms with Crippen LogP contribution in [0.4, 0.5) is 17.2 Å². The van der Waals surface area contributed by atoms with Crippen molar-refractivity contribution < 1.29 is 4.79 Å². The molecule has 2 heterocycles. The molecular weight excluding hydrogens is 264 g/mol. The fraction of sp³-hybridized carbons (Fsp3) is 0.250. The number of para-hydroxylation sites is 2. The number of carbonyl (C=O) groups is 1. The molecule has 1 aliphatic rings. The van der Waals surface area contributed by atoms with Gasteiger partial charge in [-0.05, 0) is 31.2 Å². The van der Waals surface area contributed by atoms with E-state index in [4.69, 9.17) is 0 Å². The lowest BCUT2D eigenvalue weighted by Crippen LogP contribution is -2.37. The summed E-state index contributed by atoms with van der Waals surface area (Å²) < 4.78 is 0. The number of fused-ring (bicyclic) bond motifs is 1. The SMILES string of the molecule is CCNc1cccc(CN2CC(=O)Nc3ccccc32)n1. The highest BCUT2D eigenvalue weighted by atomic mass is 16.2. The third kappa shape index (κ3) is 2.97. The number of rotatable bonds is 4. The highest BCUT2D eigenvalue weighted by Crippen LogP contribution is 2.29. The summed E-state index contributed by atoms with van der Waals surface area (Å²) in [6.45, 7) is 3.85. The minimum absolute atomic E-state index is 0.0107. The van der Waals surface area contributed by atoms with Gasteiger partial charge >= 0.3 is 0 Å². The van der Waals surface area contributed by atoms with Crippen LogP contribution in [0.1, 0.15) is 12.6 Å². The van der Waals surface area contributed by atoms with Gasteiger partial charge in [-0.15, -0.1) is 0 Å². The van der Waals surface area contributed by atoms with Crippen LogP contribution in [-0.4, -0.2) is 24.0 Å². The van der Waals surface area contributed by atoms with E-state index in [0.717, 1.165) is 29.4 Å². The van der Waals surface area contributed by atoms with Crippen LogP contribution in [0.25, 0.3) is 0 Å². The first-order chi connectivity index (χ1) is 10.3. The van der Waals surface area contributed by atoms with Crippen molar-refractivity contribution in [3.05, 3.63) is 48.2 Å². The van der Waals surface area contributed by atoms with E-state index in [-0.39, 0.29) is 5.91 Å². The van der Waals surface area contributed by atoms with Crippen LogP contribution in [0.15, 0.2) is 42.5 Å². The molecule has 5 heteroatoms. The number of hydrogen-bond acceptors (Lipinski definition) is 4. The van der Waals surface area contributed by atoms with Crippen molar-refractivity contribution in [2.24, 2.45) is 0 Å². The molecule has 1 aromatic carbocycles. The zero-order chi connectivity index (χ0) is 14.7. The van der Waals surface area contributed by atoms with Gasteiger partial charge in [-0.25, -0.2) is 4.98 Å². The van der Waals surface area contributed by atoms with Gasteiger partial charge < -0.3 is 15.5 Å². The van der Waals surface area contributed by atoms with E-state index in [1.54, 1.807) is 0 Å². The lowest BCUT2D eigenvalue weighted by molar-refractivity contribution is -0.115. The number of amides is 1. The van der Waals surface area contributed by atoms with Gasteiger partial charge in [0.25, 0.3) is 0 Å². The Morgan fingerprint density at radius 1 is 1.24 bits per heavy atom. The summed E-state index contributed by atoms with van der Waals surface area (Å²) in [7, 11) is 0. The highest BCUT2D eigenvalue weighted by molar-refractivity contribution is 6.01. The number of pyridine rings is 1. The van der Waals surface area contributed by atoms with Crippen molar-refractivity contribution in [3.8, 4) is 0 Å². The first-order valence-electron chi connectivity index (χ1n) is 7.10. The first-order valence-corrected chi connectivity index (χ1v) is 7.10. The van der Waals surface area contributed by atoms with E-state index in [0.29, 0.717) is 13.1 Å². The lowest BCUT2D eigenvalue weighted by Gasteiger charge is -2.30. The molecule has 0 radical (unpaired) electrons. The van der Waals surface area contributed by atoms with Gasteiger partial charge in [0.15, 0.2) is 0 Å². The Bertz CT molecular complexity index is 656. The Hall–Kier alpha value is -2.56. The smallest absolute Gasteiger partial charge is 0.243 e. The van der Waals surface area contributed by atoms with Crippen LogP contribution >= 0.6 is 0 Å². The predicted octanol–water partition coefficient (Wildman–Crippen LogP) is 2.47. The van der Waals surface area contributed by atoms with Gasteiger partial charge in [-0.3, -0.25) is 4.79 Å². The molecule has 0 unspecified atom stereocenters. The van der Waals surface area contributed by atoms with E-state index < -0.39 is 0 Å². The largest absolute Gasteiger partial charge is 0.370 e. The van der Waals surface area contributed by atoms with E-state index >= 15 is 0 Å². The minimum atomic E-state index is 0.0107. The summed E-state index contributed by atoms with van der Waals surface area (Å²) >= 11 is 0. The van der Waals surface area contributed by atoms with Crippen LogP contribution in [0, 0.1) is 0 Å². The third-order valence-corrected chi connectivity index (χ3v) is 3.37. The summed E-state index contributed by atoms with van der Waals surface area (Å²) in [5.41, 5.74) is 2.84. The Labute approximate surface area is 124 Å². The van der Waals surface area contributed by atoms with E-state index in [1.165, 1.54) is 0 Å². The summed E-state index contributed by atoms with van der Waals surface area (Å²) in [4.78, 5) is 18.4. The number of nitrogens with one attached hydrogen (secondary N) is 2. The molecule has 1 aromatic heterocycles. The van der Waals surface area contributed by atoms with E-state index in [2.05, 4.69) is 15.6 Å². The quantitative estimate of drug-likeness (QED) is 0.904. The standard InChI is InChI=1S/C16H18N4O/c1-2-17-15-9-5-6-12(18-15)10-20-11-16(21)19-13-7-3-4-8-14(13)20/h3-9H,2,10-11H2,1H3,(H,17,18)(H,19,21). The van der Waals surface area contributed by atoms with Crippen molar-refractivity contribution in [2.45, 2.75) is 13.5 Å². The molecule has 2 aromatic rings. The monoisotopic (exact) mass is 282 g/mol. The average Bonchev–Trinajstić information content (AvgIpc) is 2.48.